The van der Waals surface area contributed by atoms with E-state index in [4.69, 9.17) is 9.47 Å². The van der Waals surface area contributed by atoms with E-state index in [0.717, 1.165) is 42.9 Å². The van der Waals surface area contributed by atoms with Crippen molar-refractivity contribution in [2.75, 3.05) is 25.2 Å². The Kier molecular flexibility index (Phi) is 4.24. The Balaban J connectivity index is 1.77. The zero-order valence-corrected chi connectivity index (χ0v) is 12.7. The first-order valence-corrected chi connectivity index (χ1v) is 8.42. The van der Waals surface area contributed by atoms with Gasteiger partial charge in [-0.15, -0.1) is 0 Å². The van der Waals surface area contributed by atoms with E-state index in [1.54, 1.807) is 7.11 Å². The van der Waals surface area contributed by atoms with Gasteiger partial charge in [-0.3, -0.25) is 0 Å². The highest BCUT2D eigenvalue weighted by molar-refractivity contribution is 7.99. The van der Waals surface area contributed by atoms with Gasteiger partial charge in [-0.05, 0) is 37.0 Å². The summed E-state index contributed by atoms with van der Waals surface area (Å²) in [5, 5.41) is 10.8. The van der Waals surface area contributed by atoms with Gasteiger partial charge in [0.25, 0.3) is 0 Å². The lowest BCUT2D eigenvalue weighted by molar-refractivity contribution is -0.102. The number of aliphatic hydroxyl groups is 1. The van der Waals surface area contributed by atoms with Crippen LogP contribution < -0.4 is 4.74 Å². The SMILES string of the molecule is COc1ccccc1C(O)C1CCOC2(CCSC2)C1. The minimum atomic E-state index is -0.461. The molecule has 3 atom stereocenters. The Labute approximate surface area is 124 Å². The first-order valence-electron chi connectivity index (χ1n) is 7.27. The predicted octanol–water partition coefficient (Wildman–Crippen LogP) is 3.03. The minimum absolute atomic E-state index is 0.0105. The molecule has 0 saturated carbocycles. The van der Waals surface area contributed by atoms with Crippen LogP contribution >= 0.6 is 11.8 Å². The third-order valence-corrected chi connectivity index (χ3v) is 5.73. The minimum Gasteiger partial charge on any atom is -0.496 e. The average Bonchev–Trinajstić information content (AvgIpc) is 2.94. The van der Waals surface area contributed by atoms with Gasteiger partial charge in [0.15, 0.2) is 0 Å². The van der Waals surface area contributed by atoms with Crippen molar-refractivity contribution in [3.63, 3.8) is 0 Å². The second kappa shape index (κ2) is 5.96. The van der Waals surface area contributed by atoms with Crippen LogP contribution in [0.3, 0.4) is 0 Å². The Morgan fingerprint density at radius 1 is 1.45 bits per heavy atom. The lowest BCUT2D eigenvalue weighted by atomic mass is 9.80. The monoisotopic (exact) mass is 294 g/mol. The molecule has 3 rings (SSSR count). The molecule has 4 heteroatoms. The maximum Gasteiger partial charge on any atom is 0.124 e. The first kappa shape index (κ1) is 14.2. The van der Waals surface area contributed by atoms with Gasteiger partial charge in [0.2, 0.25) is 0 Å². The fourth-order valence-corrected chi connectivity index (χ4v) is 4.74. The van der Waals surface area contributed by atoms with E-state index in [0.29, 0.717) is 0 Å². The number of para-hydroxylation sites is 1. The third-order valence-electron chi connectivity index (χ3n) is 4.50. The largest absolute Gasteiger partial charge is 0.496 e. The van der Waals surface area contributed by atoms with E-state index >= 15 is 0 Å². The molecule has 0 radical (unpaired) electrons. The van der Waals surface area contributed by atoms with Gasteiger partial charge in [-0.25, -0.2) is 0 Å². The molecule has 2 aliphatic heterocycles. The summed E-state index contributed by atoms with van der Waals surface area (Å²) in [6, 6.07) is 7.78. The number of hydrogen-bond acceptors (Lipinski definition) is 4. The van der Waals surface area contributed by atoms with Crippen molar-refractivity contribution in [1.82, 2.24) is 0 Å². The quantitative estimate of drug-likeness (QED) is 0.930. The van der Waals surface area contributed by atoms with Crippen LogP contribution in [0.25, 0.3) is 0 Å². The van der Waals surface area contributed by atoms with Crippen molar-refractivity contribution in [2.45, 2.75) is 31.0 Å². The van der Waals surface area contributed by atoms with Crippen LogP contribution in [0.4, 0.5) is 0 Å². The number of aliphatic hydroxyl groups excluding tert-OH is 1. The number of hydrogen-bond donors (Lipinski definition) is 1. The molecule has 1 spiro atoms. The molecule has 3 unspecified atom stereocenters. The molecule has 0 amide bonds. The first-order chi connectivity index (χ1) is 9.74. The Hall–Kier alpha value is -0.710. The highest BCUT2D eigenvalue weighted by Gasteiger charge is 2.42. The molecule has 0 aromatic heterocycles. The molecule has 20 heavy (non-hydrogen) atoms. The highest BCUT2D eigenvalue weighted by Crippen LogP contribution is 2.45. The van der Waals surface area contributed by atoms with Gasteiger partial charge < -0.3 is 14.6 Å². The topological polar surface area (TPSA) is 38.7 Å². The third kappa shape index (κ3) is 2.69. The van der Waals surface area contributed by atoms with E-state index in [1.807, 2.05) is 36.0 Å². The molecule has 2 fully saturated rings. The van der Waals surface area contributed by atoms with Crippen LogP contribution in [0.2, 0.25) is 0 Å². The maximum absolute atomic E-state index is 10.8. The van der Waals surface area contributed by atoms with E-state index in [-0.39, 0.29) is 11.5 Å². The average molecular weight is 294 g/mol. The molecule has 0 bridgehead atoms. The highest BCUT2D eigenvalue weighted by atomic mass is 32.2. The molecule has 2 aliphatic rings. The fourth-order valence-electron chi connectivity index (χ4n) is 3.36. The van der Waals surface area contributed by atoms with Crippen molar-refractivity contribution >= 4 is 11.8 Å². The summed E-state index contributed by atoms with van der Waals surface area (Å²) in [5.41, 5.74) is 0.916. The molecular formula is C16H22O3S. The normalized spacial score (nSPS) is 31.4. The molecule has 1 N–H and O–H groups in total. The number of ether oxygens (including phenoxy) is 2. The second-order valence-electron chi connectivity index (χ2n) is 5.77. The lowest BCUT2D eigenvalue weighted by Gasteiger charge is -2.39. The summed E-state index contributed by atoms with van der Waals surface area (Å²) in [7, 11) is 1.66. The maximum atomic E-state index is 10.8. The number of thioether (sulfide) groups is 1. The van der Waals surface area contributed by atoms with Crippen molar-refractivity contribution < 1.29 is 14.6 Å². The Bertz CT molecular complexity index is 457. The summed E-state index contributed by atoms with van der Waals surface area (Å²) in [5.74, 6) is 3.29. The van der Waals surface area contributed by atoms with Gasteiger partial charge in [0.1, 0.15) is 5.75 Å². The van der Waals surface area contributed by atoms with Crippen LogP contribution in [-0.4, -0.2) is 35.9 Å². The molecule has 2 saturated heterocycles. The zero-order valence-electron chi connectivity index (χ0n) is 11.9. The summed E-state index contributed by atoms with van der Waals surface area (Å²) >= 11 is 1.97. The Morgan fingerprint density at radius 3 is 3.05 bits per heavy atom. The van der Waals surface area contributed by atoms with Crippen LogP contribution in [0.15, 0.2) is 24.3 Å². The van der Waals surface area contributed by atoms with Crippen molar-refractivity contribution in [1.29, 1.82) is 0 Å². The van der Waals surface area contributed by atoms with Gasteiger partial charge in [-0.2, -0.15) is 11.8 Å². The standard InChI is InChI=1S/C16H22O3S/c1-18-14-5-3-2-4-13(14)15(17)12-6-8-19-16(10-12)7-9-20-11-16/h2-5,12,15,17H,6-11H2,1H3. The van der Waals surface area contributed by atoms with E-state index in [2.05, 4.69) is 0 Å². The lowest BCUT2D eigenvalue weighted by Crippen LogP contribution is -2.41. The molecule has 1 aromatic carbocycles. The smallest absolute Gasteiger partial charge is 0.124 e. The molecule has 2 heterocycles. The van der Waals surface area contributed by atoms with Crippen LogP contribution in [0.1, 0.15) is 30.9 Å². The van der Waals surface area contributed by atoms with E-state index in [9.17, 15) is 5.11 Å². The number of methoxy groups -OCH3 is 1. The van der Waals surface area contributed by atoms with Crippen molar-refractivity contribution in [3.05, 3.63) is 29.8 Å². The van der Waals surface area contributed by atoms with Gasteiger partial charge in [-0.1, -0.05) is 18.2 Å². The second-order valence-corrected chi connectivity index (χ2v) is 6.88. The summed E-state index contributed by atoms with van der Waals surface area (Å²) in [6.07, 6.45) is 2.54. The molecular weight excluding hydrogens is 272 g/mol. The van der Waals surface area contributed by atoms with Crippen molar-refractivity contribution in [2.24, 2.45) is 5.92 Å². The molecule has 110 valence electrons. The van der Waals surface area contributed by atoms with Gasteiger partial charge in [0.05, 0.1) is 18.8 Å². The van der Waals surface area contributed by atoms with E-state index < -0.39 is 6.10 Å². The summed E-state index contributed by atoms with van der Waals surface area (Å²) in [6.45, 7) is 0.761. The van der Waals surface area contributed by atoms with Crippen LogP contribution in [0, 0.1) is 5.92 Å². The van der Waals surface area contributed by atoms with Gasteiger partial charge >= 0.3 is 0 Å². The van der Waals surface area contributed by atoms with E-state index in [1.165, 1.54) is 5.75 Å². The number of benzene rings is 1. The fraction of sp³-hybridized carbons (Fsp3) is 0.625. The predicted molar refractivity (Wildman–Crippen MR) is 81.3 cm³/mol. The number of rotatable bonds is 3. The Morgan fingerprint density at radius 2 is 2.30 bits per heavy atom. The van der Waals surface area contributed by atoms with Crippen LogP contribution in [0.5, 0.6) is 5.75 Å². The zero-order chi connectivity index (χ0) is 14.0. The summed E-state index contributed by atoms with van der Waals surface area (Å²) < 4.78 is 11.4. The summed E-state index contributed by atoms with van der Waals surface area (Å²) in [4.78, 5) is 0. The molecule has 3 nitrogen and oxygen atoms in total. The molecule has 0 aliphatic carbocycles. The van der Waals surface area contributed by atoms with Gasteiger partial charge in [0, 0.05) is 17.9 Å². The van der Waals surface area contributed by atoms with Crippen LogP contribution in [-0.2, 0) is 4.74 Å². The molecule has 1 aromatic rings. The van der Waals surface area contributed by atoms with Crippen molar-refractivity contribution in [3.8, 4) is 5.75 Å².